The molecule has 0 aromatic carbocycles. The van der Waals surface area contributed by atoms with E-state index in [0.29, 0.717) is 19.4 Å². The maximum Gasteiger partial charge on any atom is 0.306 e. The second-order valence-electron chi connectivity index (χ2n) is 16.7. The standard InChI is InChI=1S/C55H96O5/c1-4-7-10-13-16-19-22-25-27-28-29-31-33-36-39-42-45-48-54(56)59-52-53(51-58-50-47-44-41-38-35-32-26-23-20-17-14-11-8-5-2)60-55(57)49-46-43-40-37-34-30-24-21-18-15-12-9-6-3/h8,11,16-17,19-20,25-27,32,38,41,53H,4-7,9-10,12-15,18,21-24,28-31,33-37,39-40,42-52H2,1-3H3/b11-8-,19-16-,20-17-,27-25-,32-26-,41-38-. The van der Waals surface area contributed by atoms with Crippen molar-refractivity contribution in [3.05, 3.63) is 72.9 Å². The number of carbonyl (C=O) groups is 2. The molecule has 0 aliphatic carbocycles. The number of rotatable bonds is 46. The molecule has 1 unspecified atom stereocenters. The molecule has 1 atom stereocenters. The van der Waals surface area contributed by atoms with Gasteiger partial charge in [0.1, 0.15) is 6.61 Å². The van der Waals surface area contributed by atoms with Crippen molar-refractivity contribution in [2.75, 3.05) is 19.8 Å². The van der Waals surface area contributed by atoms with E-state index in [1.54, 1.807) is 0 Å². The molecule has 0 aliphatic rings. The SMILES string of the molecule is CC/C=C\C/C=C\C/C=C\C/C=C\CCCOCC(COC(=O)CCCCCCCCC/C=C\C/C=C\CCCCC)OC(=O)CCCCCCCCCCCCCCC. The number of hydrogen-bond acceptors (Lipinski definition) is 5. The summed E-state index contributed by atoms with van der Waals surface area (Å²) in [5.74, 6) is -0.432. The molecule has 0 heterocycles. The maximum absolute atomic E-state index is 12.8. The Morgan fingerprint density at radius 3 is 1.23 bits per heavy atom. The number of hydrogen-bond donors (Lipinski definition) is 0. The number of unbranched alkanes of at least 4 members (excludes halogenated alkanes) is 23. The summed E-state index contributed by atoms with van der Waals surface area (Å²) in [7, 11) is 0. The van der Waals surface area contributed by atoms with Crippen molar-refractivity contribution in [1.82, 2.24) is 0 Å². The van der Waals surface area contributed by atoms with Gasteiger partial charge in [-0.1, -0.05) is 216 Å². The highest BCUT2D eigenvalue weighted by Gasteiger charge is 2.17. The van der Waals surface area contributed by atoms with Gasteiger partial charge in [0.15, 0.2) is 6.10 Å². The average molecular weight is 837 g/mol. The topological polar surface area (TPSA) is 61.8 Å². The molecular weight excluding hydrogens is 741 g/mol. The van der Waals surface area contributed by atoms with E-state index >= 15 is 0 Å². The van der Waals surface area contributed by atoms with Crippen LogP contribution in [0.4, 0.5) is 0 Å². The van der Waals surface area contributed by atoms with Crippen LogP contribution < -0.4 is 0 Å². The predicted octanol–water partition coefficient (Wildman–Crippen LogP) is 17.1. The lowest BCUT2D eigenvalue weighted by Gasteiger charge is -2.18. The van der Waals surface area contributed by atoms with Gasteiger partial charge >= 0.3 is 11.9 Å². The van der Waals surface area contributed by atoms with Gasteiger partial charge in [-0.25, -0.2) is 0 Å². The van der Waals surface area contributed by atoms with Gasteiger partial charge < -0.3 is 14.2 Å². The highest BCUT2D eigenvalue weighted by molar-refractivity contribution is 5.70. The van der Waals surface area contributed by atoms with E-state index in [1.807, 2.05) is 0 Å². The van der Waals surface area contributed by atoms with Crippen molar-refractivity contribution >= 4 is 11.9 Å². The highest BCUT2D eigenvalue weighted by atomic mass is 16.6. The van der Waals surface area contributed by atoms with Crippen LogP contribution in [0, 0.1) is 0 Å². The van der Waals surface area contributed by atoms with E-state index < -0.39 is 6.10 Å². The molecule has 0 aromatic rings. The molecule has 0 aliphatic heterocycles. The number of esters is 2. The number of carbonyl (C=O) groups excluding carboxylic acids is 2. The quantitative estimate of drug-likeness (QED) is 0.0347. The van der Waals surface area contributed by atoms with Gasteiger partial charge in [0.2, 0.25) is 0 Å². The van der Waals surface area contributed by atoms with Gasteiger partial charge in [0.25, 0.3) is 0 Å². The van der Waals surface area contributed by atoms with E-state index in [0.717, 1.165) is 77.0 Å². The summed E-state index contributed by atoms with van der Waals surface area (Å²) in [6, 6.07) is 0. The van der Waals surface area contributed by atoms with E-state index in [1.165, 1.54) is 128 Å². The van der Waals surface area contributed by atoms with Crippen molar-refractivity contribution in [1.29, 1.82) is 0 Å². The Bertz CT molecular complexity index is 1080. The Morgan fingerprint density at radius 1 is 0.383 bits per heavy atom. The van der Waals surface area contributed by atoms with Gasteiger partial charge in [0, 0.05) is 19.4 Å². The van der Waals surface area contributed by atoms with E-state index in [-0.39, 0.29) is 25.2 Å². The first-order chi connectivity index (χ1) is 29.6. The van der Waals surface area contributed by atoms with Gasteiger partial charge in [-0.3, -0.25) is 9.59 Å². The molecule has 0 bridgehead atoms. The summed E-state index contributed by atoms with van der Waals surface area (Å²) in [6.45, 7) is 7.56. The fraction of sp³-hybridized carbons (Fsp3) is 0.745. The third-order valence-electron chi connectivity index (χ3n) is 10.7. The molecule has 5 nitrogen and oxygen atoms in total. The Hall–Kier alpha value is -2.66. The Kier molecular flexibility index (Phi) is 48.4. The smallest absolute Gasteiger partial charge is 0.306 e. The Balaban J connectivity index is 4.33. The molecule has 0 N–H and O–H groups in total. The van der Waals surface area contributed by atoms with Crippen LogP contribution in [0.25, 0.3) is 0 Å². The van der Waals surface area contributed by atoms with Crippen LogP contribution in [0.5, 0.6) is 0 Å². The van der Waals surface area contributed by atoms with Gasteiger partial charge in [-0.05, 0) is 83.5 Å². The maximum atomic E-state index is 12.8. The summed E-state index contributed by atoms with van der Waals surface area (Å²) in [6.07, 6.45) is 64.9. The third kappa shape index (κ3) is 48.0. The van der Waals surface area contributed by atoms with Crippen molar-refractivity contribution in [3.63, 3.8) is 0 Å². The van der Waals surface area contributed by atoms with Crippen LogP contribution in [0.3, 0.4) is 0 Å². The molecule has 0 saturated heterocycles. The zero-order valence-corrected chi connectivity index (χ0v) is 39.7. The molecule has 0 spiro atoms. The van der Waals surface area contributed by atoms with Crippen LogP contribution in [0.1, 0.15) is 239 Å². The predicted molar refractivity (Wildman–Crippen MR) is 260 cm³/mol. The number of allylic oxidation sites excluding steroid dienone is 12. The van der Waals surface area contributed by atoms with Crippen molar-refractivity contribution in [2.45, 2.75) is 245 Å². The highest BCUT2D eigenvalue weighted by Crippen LogP contribution is 2.15. The third-order valence-corrected chi connectivity index (χ3v) is 10.7. The minimum Gasteiger partial charge on any atom is -0.462 e. The minimum atomic E-state index is -0.567. The largest absolute Gasteiger partial charge is 0.462 e. The molecule has 0 saturated carbocycles. The first-order valence-corrected chi connectivity index (χ1v) is 25.5. The Labute approximate surface area is 372 Å². The van der Waals surface area contributed by atoms with Crippen LogP contribution >= 0.6 is 0 Å². The zero-order valence-electron chi connectivity index (χ0n) is 39.7. The van der Waals surface area contributed by atoms with E-state index in [9.17, 15) is 9.59 Å². The van der Waals surface area contributed by atoms with Crippen LogP contribution in [0.15, 0.2) is 72.9 Å². The fourth-order valence-electron chi connectivity index (χ4n) is 6.96. The van der Waals surface area contributed by atoms with E-state index in [4.69, 9.17) is 14.2 Å². The second kappa shape index (κ2) is 50.7. The van der Waals surface area contributed by atoms with E-state index in [2.05, 4.69) is 93.7 Å². The average Bonchev–Trinajstić information content (AvgIpc) is 3.25. The lowest BCUT2D eigenvalue weighted by molar-refractivity contribution is -0.163. The summed E-state index contributed by atoms with van der Waals surface area (Å²) < 4.78 is 17.3. The normalized spacial score (nSPS) is 12.8. The monoisotopic (exact) mass is 837 g/mol. The summed E-state index contributed by atoms with van der Waals surface area (Å²) in [4.78, 5) is 25.4. The summed E-state index contributed by atoms with van der Waals surface area (Å²) in [5.41, 5.74) is 0. The molecule has 0 fully saturated rings. The minimum absolute atomic E-state index is 0.0593. The van der Waals surface area contributed by atoms with Crippen LogP contribution in [0.2, 0.25) is 0 Å². The molecule has 0 amide bonds. The molecule has 0 rings (SSSR count). The molecular formula is C55H96O5. The molecule has 0 aromatic heterocycles. The van der Waals surface area contributed by atoms with Crippen molar-refractivity contribution in [3.8, 4) is 0 Å². The van der Waals surface area contributed by atoms with Gasteiger partial charge in [-0.2, -0.15) is 0 Å². The zero-order chi connectivity index (χ0) is 43.5. The second-order valence-corrected chi connectivity index (χ2v) is 16.7. The molecule has 346 valence electrons. The molecule has 60 heavy (non-hydrogen) atoms. The van der Waals surface area contributed by atoms with Gasteiger partial charge in [0.05, 0.1) is 6.61 Å². The molecule has 5 heteroatoms. The number of ether oxygens (including phenoxy) is 3. The van der Waals surface area contributed by atoms with Gasteiger partial charge in [-0.15, -0.1) is 0 Å². The summed E-state index contributed by atoms with van der Waals surface area (Å²) >= 11 is 0. The van der Waals surface area contributed by atoms with Crippen molar-refractivity contribution in [2.24, 2.45) is 0 Å². The van der Waals surface area contributed by atoms with Crippen molar-refractivity contribution < 1.29 is 23.8 Å². The Morgan fingerprint density at radius 2 is 0.750 bits per heavy atom. The van der Waals surface area contributed by atoms with Crippen LogP contribution in [-0.2, 0) is 23.8 Å². The fourth-order valence-corrected chi connectivity index (χ4v) is 6.96. The first-order valence-electron chi connectivity index (χ1n) is 25.5. The molecule has 0 radical (unpaired) electrons. The summed E-state index contributed by atoms with van der Waals surface area (Å²) in [5, 5.41) is 0. The first kappa shape index (κ1) is 57.3. The lowest BCUT2D eigenvalue weighted by Crippen LogP contribution is -2.30. The lowest BCUT2D eigenvalue weighted by atomic mass is 10.0. The van der Waals surface area contributed by atoms with Crippen LogP contribution in [-0.4, -0.2) is 37.9 Å².